The van der Waals surface area contributed by atoms with Gasteiger partial charge in [-0.2, -0.15) is 0 Å². The minimum atomic E-state index is -0.269. The zero-order valence-electron chi connectivity index (χ0n) is 12.1. The van der Waals surface area contributed by atoms with Gasteiger partial charge >= 0.3 is 0 Å². The van der Waals surface area contributed by atoms with Crippen molar-refractivity contribution in [2.45, 2.75) is 18.6 Å². The van der Waals surface area contributed by atoms with E-state index < -0.39 is 0 Å². The van der Waals surface area contributed by atoms with Gasteiger partial charge in [0.15, 0.2) is 5.75 Å². The van der Waals surface area contributed by atoms with Gasteiger partial charge in [0.05, 0.1) is 30.5 Å². The van der Waals surface area contributed by atoms with Crippen molar-refractivity contribution < 1.29 is 14.3 Å². The van der Waals surface area contributed by atoms with Crippen molar-refractivity contribution in [2.75, 3.05) is 33.0 Å². The van der Waals surface area contributed by atoms with Crippen LogP contribution in [0.25, 0.3) is 0 Å². The van der Waals surface area contributed by atoms with Crippen molar-refractivity contribution >= 4 is 23.2 Å². The molecule has 0 aromatic heterocycles. The summed E-state index contributed by atoms with van der Waals surface area (Å²) in [5.74, 6) is 0.0646. The largest absolute Gasteiger partial charge is 0.494 e. The first-order valence-corrected chi connectivity index (χ1v) is 7.12. The van der Waals surface area contributed by atoms with Gasteiger partial charge in [0.25, 0.3) is 5.91 Å². The first kappa shape index (κ1) is 15.9. The van der Waals surface area contributed by atoms with Gasteiger partial charge < -0.3 is 25.8 Å². The molecule has 21 heavy (non-hydrogen) atoms. The number of ether oxygens (including phenoxy) is 2. The topological polar surface area (TPSA) is 85.6 Å². The molecular weight excluding hydrogens is 294 g/mol. The highest BCUT2D eigenvalue weighted by molar-refractivity contribution is 6.31. The fourth-order valence-electron chi connectivity index (χ4n) is 2.50. The summed E-state index contributed by atoms with van der Waals surface area (Å²) < 4.78 is 10.6. The van der Waals surface area contributed by atoms with Crippen molar-refractivity contribution in [1.82, 2.24) is 10.6 Å². The fraction of sp³-hybridized carbons (Fsp3) is 0.500. The molecule has 1 aromatic rings. The van der Waals surface area contributed by atoms with Crippen LogP contribution in [0.4, 0.5) is 5.69 Å². The lowest BCUT2D eigenvalue weighted by atomic mass is 10.0. The zero-order valence-corrected chi connectivity index (χ0v) is 12.9. The van der Waals surface area contributed by atoms with E-state index in [1.54, 1.807) is 19.2 Å². The van der Waals surface area contributed by atoms with E-state index in [2.05, 4.69) is 10.6 Å². The standard InChI is InChI=1S/C14H20ClN3O3/c1-20-12-7-17-4-3-11(12)18-14(19)9-5-8(15)6-10(16)13(9)21-2/h5-6,11-12,17H,3-4,7,16H2,1-2H3,(H,18,19). The molecule has 1 amide bonds. The number of halogens is 1. The predicted octanol–water partition coefficient (Wildman–Crippen LogP) is 1.04. The molecule has 7 heteroatoms. The fourth-order valence-corrected chi connectivity index (χ4v) is 2.73. The molecule has 1 saturated heterocycles. The smallest absolute Gasteiger partial charge is 0.255 e. The molecule has 116 valence electrons. The maximum atomic E-state index is 12.5. The normalized spacial score (nSPS) is 21.9. The van der Waals surface area contributed by atoms with Crippen LogP contribution in [-0.4, -0.2) is 45.4 Å². The van der Waals surface area contributed by atoms with Gasteiger partial charge in [0, 0.05) is 18.7 Å². The highest BCUT2D eigenvalue weighted by atomic mass is 35.5. The highest BCUT2D eigenvalue weighted by Crippen LogP contribution is 2.30. The number of hydrogen-bond acceptors (Lipinski definition) is 5. The molecule has 2 unspecified atom stereocenters. The first-order valence-electron chi connectivity index (χ1n) is 6.74. The van der Waals surface area contributed by atoms with E-state index in [9.17, 15) is 4.79 Å². The van der Waals surface area contributed by atoms with Crippen LogP contribution in [0.1, 0.15) is 16.8 Å². The Kier molecular flexibility index (Phi) is 5.27. The van der Waals surface area contributed by atoms with Crippen LogP contribution in [0.3, 0.4) is 0 Å². The van der Waals surface area contributed by atoms with Crippen LogP contribution >= 0.6 is 11.6 Å². The number of nitrogens with two attached hydrogens (primary N) is 1. The van der Waals surface area contributed by atoms with Gasteiger partial charge in [0.1, 0.15) is 0 Å². The van der Waals surface area contributed by atoms with Crippen LogP contribution in [0.15, 0.2) is 12.1 Å². The Hall–Kier alpha value is -1.50. The molecule has 1 heterocycles. The molecule has 6 nitrogen and oxygen atoms in total. The molecule has 2 atom stereocenters. The quantitative estimate of drug-likeness (QED) is 0.723. The molecule has 1 aliphatic heterocycles. The number of carbonyl (C=O) groups excluding carboxylic acids is 1. The van der Waals surface area contributed by atoms with Crippen molar-refractivity contribution in [3.8, 4) is 5.75 Å². The Morgan fingerprint density at radius 3 is 2.90 bits per heavy atom. The van der Waals surface area contributed by atoms with Gasteiger partial charge in [-0.05, 0) is 25.1 Å². The minimum Gasteiger partial charge on any atom is -0.494 e. The SMILES string of the molecule is COc1c(N)cc(Cl)cc1C(=O)NC1CCNCC1OC. The average Bonchev–Trinajstić information content (AvgIpc) is 2.47. The molecule has 1 fully saturated rings. The lowest BCUT2D eigenvalue weighted by molar-refractivity contribution is 0.0476. The number of nitrogen functional groups attached to an aromatic ring is 1. The summed E-state index contributed by atoms with van der Waals surface area (Å²) in [4.78, 5) is 12.5. The maximum Gasteiger partial charge on any atom is 0.255 e. The van der Waals surface area contributed by atoms with Crippen LogP contribution in [0.5, 0.6) is 5.75 Å². The average molecular weight is 314 g/mol. The van der Waals surface area contributed by atoms with Crippen molar-refractivity contribution in [1.29, 1.82) is 0 Å². The molecule has 0 saturated carbocycles. The predicted molar refractivity (Wildman–Crippen MR) is 82.0 cm³/mol. The number of anilines is 1. The molecule has 0 bridgehead atoms. The van der Waals surface area contributed by atoms with E-state index in [0.29, 0.717) is 28.6 Å². The Morgan fingerprint density at radius 2 is 2.24 bits per heavy atom. The monoisotopic (exact) mass is 313 g/mol. The summed E-state index contributed by atoms with van der Waals surface area (Å²) >= 11 is 5.97. The Labute approximate surface area is 128 Å². The third kappa shape index (κ3) is 3.58. The second kappa shape index (κ2) is 6.98. The zero-order chi connectivity index (χ0) is 15.4. The number of rotatable bonds is 4. The van der Waals surface area contributed by atoms with E-state index in [1.807, 2.05) is 0 Å². The van der Waals surface area contributed by atoms with E-state index in [4.69, 9.17) is 26.8 Å². The summed E-state index contributed by atoms with van der Waals surface area (Å²) in [7, 11) is 3.10. The first-order chi connectivity index (χ1) is 10.1. The van der Waals surface area contributed by atoms with Gasteiger partial charge in [-0.25, -0.2) is 0 Å². The highest BCUT2D eigenvalue weighted by Gasteiger charge is 2.27. The number of benzene rings is 1. The minimum absolute atomic E-state index is 0.0614. The van der Waals surface area contributed by atoms with Crippen LogP contribution in [-0.2, 0) is 4.74 Å². The van der Waals surface area contributed by atoms with Gasteiger partial charge in [-0.15, -0.1) is 0 Å². The summed E-state index contributed by atoms with van der Waals surface area (Å²) in [6.45, 7) is 1.54. The van der Waals surface area contributed by atoms with Crippen LogP contribution in [0, 0.1) is 0 Å². The van der Waals surface area contributed by atoms with E-state index in [0.717, 1.165) is 13.0 Å². The number of carbonyl (C=O) groups is 1. The van der Waals surface area contributed by atoms with E-state index >= 15 is 0 Å². The number of nitrogens with one attached hydrogen (secondary N) is 2. The number of hydrogen-bond donors (Lipinski definition) is 3. The van der Waals surface area contributed by atoms with E-state index in [1.165, 1.54) is 7.11 Å². The molecule has 0 spiro atoms. The second-order valence-corrected chi connectivity index (χ2v) is 5.36. The lowest BCUT2D eigenvalue weighted by Crippen LogP contribution is -2.53. The molecule has 1 aromatic carbocycles. The maximum absolute atomic E-state index is 12.5. The molecule has 4 N–H and O–H groups in total. The Balaban J connectivity index is 2.20. The van der Waals surface area contributed by atoms with Gasteiger partial charge in [-0.1, -0.05) is 11.6 Å². The molecule has 2 rings (SSSR count). The van der Waals surface area contributed by atoms with E-state index in [-0.39, 0.29) is 18.1 Å². The molecule has 0 radical (unpaired) electrons. The number of amides is 1. The second-order valence-electron chi connectivity index (χ2n) is 4.92. The molecule has 0 aliphatic carbocycles. The van der Waals surface area contributed by atoms with Crippen molar-refractivity contribution in [2.24, 2.45) is 0 Å². The van der Waals surface area contributed by atoms with Crippen molar-refractivity contribution in [3.63, 3.8) is 0 Å². The van der Waals surface area contributed by atoms with Gasteiger partial charge in [-0.3, -0.25) is 4.79 Å². The molecule has 1 aliphatic rings. The third-order valence-corrected chi connectivity index (χ3v) is 3.80. The Morgan fingerprint density at radius 1 is 1.48 bits per heavy atom. The van der Waals surface area contributed by atoms with Crippen molar-refractivity contribution in [3.05, 3.63) is 22.7 Å². The Bertz CT molecular complexity index is 524. The summed E-state index contributed by atoms with van der Waals surface area (Å²) in [6.07, 6.45) is 0.730. The van der Waals surface area contributed by atoms with Crippen LogP contribution in [0.2, 0.25) is 5.02 Å². The summed E-state index contributed by atoms with van der Waals surface area (Å²) in [5, 5.41) is 6.59. The lowest BCUT2D eigenvalue weighted by Gasteiger charge is -2.31. The molecular formula is C14H20ClN3O3. The summed E-state index contributed by atoms with van der Waals surface area (Å²) in [6, 6.07) is 3.04. The third-order valence-electron chi connectivity index (χ3n) is 3.58. The number of methoxy groups -OCH3 is 2. The summed E-state index contributed by atoms with van der Waals surface area (Å²) in [5.41, 5.74) is 6.50. The number of piperidine rings is 1. The van der Waals surface area contributed by atoms with Gasteiger partial charge in [0.2, 0.25) is 0 Å². The van der Waals surface area contributed by atoms with Crippen LogP contribution < -0.4 is 21.1 Å².